The molecule has 2 N–H and O–H groups in total. The van der Waals surface area contributed by atoms with Crippen molar-refractivity contribution in [3.05, 3.63) is 0 Å². The average molecular weight is 459 g/mol. The van der Waals surface area contributed by atoms with Gasteiger partial charge in [0.25, 0.3) is 0 Å². The molecule has 0 aromatic heterocycles. The lowest BCUT2D eigenvalue weighted by Gasteiger charge is -2.25. The molecule has 2 heterocycles. The van der Waals surface area contributed by atoms with Gasteiger partial charge >= 0.3 is 0 Å². The maximum Gasteiger partial charge on any atom is 0.112 e. The van der Waals surface area contributed by atoms with Crippen LogP contribution >= 0.6 is 67.6 Å². The second-order valence-corrected chi connectivity index (χ2v) is 12.3. The summed E-state index contributed by atoms with van der Waals surface area (Å²) in [5.74, 6) is 0. The van der Waals surface area contributed by atoms with Crippen molar-refractivity contribution in [1.29, 1.82) is 0 Å². The summed E-state index contributed by atoms with van der Waals surface area (Å²) in [5, 5.41) is 6.67. The fourth-order valence-corrected chi connectivity index (χ4v) is 9.11. The van der Waals surface area contributed by atoms with E-state index in [-0.39, 0.29) is 12.2 Å². The molecule has 10 heteroatoms. The monoisotopic (exact) mass is 458 g/mol. The highest BCUT2D eigenvalue weighted by Crippen LogP contribution is 2.44. The van der Waals surface area contributed by atoms with E-state index in [9.17, 15) is 0 Å². The van der Waals surface area contributed by atoms with Crippen molar-refractivity contribution < 1.29 is 9.47 Å². The van der Waals surface area contributed by atoms with E-state index in [0.717, 1.165) is 54.2 Å². The molecule has 2 atom stereocenters. The quantitative estimate of drug-likeness (QED) is 0.302. The van der Waals surface area contributed by atoms with E-state index < -0.39 is 0 Å². The Kier molecular flexibility index (Phi) is 12.3. The van der Waals surface area contributed by atoms with Crippen LogP contribution in [0.2, 0.25) is 0 Å². The normalized spacial score (nSPS) is 25.5. The first-order valence-electron chi connectivity index (χ1n) is 8.59. The number of hydrogen-bond donors (Lipinski definition) is 2. The van der Waals surface area contributed by atoms with Crippen molar-refractivity contribution in [3.63, 3.8) is 0 Å². The van der Waals surface area contributed by atoms with E-state index in [1.807, 2.05) is 21.6 Å². The van der Waals surface area contributed by atoms with Crippen LogP contribution in [-0.4, -0.2) is 64.6 Å². The van der Waals surface area contributed by atoms with Gasteiger partial charge in [-0.25, -0.2) is 0 Å². The minimum atomic E-state index is 0.0496. The summed E-state index contributed by atoms with van der Waals surface area (Å²) in [7, 11) is 7.07. The predicted octanol–water partition coefficient (Wildman–Crippen LogP) is 3.90. The molecule has 2 fully saturated rings. The minimum Gasteiger partial charge on any atom is -0.369 e. The van der Waals surface area contributed by atoms with E-state index in [4.69, 9.17) is 33.9 Å². The molecule has 0 aromatic rings. The molecule has 25 heavy (non-hydrogen) atoms. The van der Waals surface area contributed by atoms with Crippen molar-refractivity contribution >= 4 is 76.0 Å². The molecule has 2 saturated heterocycles. The summed E-state index contributed by atoms with van der Waals surface area (Å²) in [6.45, 7) is 7.18. The van der Waals surface area contributed by atoms with Gasteiger partial charge in [0.05, 0.1) is 26.2 Å². The molecule has 2 aliphatic heterocycles. The first kappa shape index (κ1) is 22.7. The summed E-state index contributed by atoms with van der Waals surface area (Å²) in [6, 6.07) is 0. The van der Waals surface area contributed by atoms with Crippen LogP contribution in [0.5, 0.6) is 0 Å². The number of rotatable bonds is 9. The Morgan fingerprint density at radius 1 is 1.00 bits per heavy atom. The van der Waals surface area contributed by atoms with Gasteiger partial charge in [0.1, 0.15) is 12.2 Å². The van der Waals surface area contributed by atoms with Crippen LogP contribution in [0.3, 0.4) is 0 Å². The third-order valence-corrected chi connectivity index (χ3v) is 11.6. The SMILES string of the molecule is CCCCC(SSC(=S)C1CNCCO1)SSC(=S)C1CNCCO1. The molecule has 0 aliphatic carbocycles. The van der Waals surface area contributed by atoms with E-state index in [2.05, 4.69) is 17.6 Å². The van der Waals surface area contributed by atoms with Crippen LogP contribution in [0.25, 0.3) is 0 Å². The molecular formula is C15H26N2O2S6. The number of morpholine rings is 2. The molecule has 0 amide bonds. The van der Waals surface area contributed by atoms with Crippen LogP contribution < -0.4 is 10.6 Å². The van der Waals surface area contributed by atoms with E-state index >= 15 is 0 Å². The molecule has 0 aromatic carbocycles. The molecular weight excluding hydrogens is 433 g/mol. The molecule has 2 rings (SSSR count). The van der Waals surface area contributed by atoms with Gasteiger partial charge in [0.2, 0.25) is 0 Å². The van der Waals surface area contributed by atoms with Gasteiger partial charge < -0.3 is 20.1 Å². The second kappa shape index (κ2) is 13.6. The first-order valence-corrected chi connectivity index (χ1v) is 13.8. The van der Waals surface area contributed by atoms with E-state index in [1.54, 1.807) is 21.6 Å². The predicted molar refractivity (Wildman–Crippen MR) is 124 cm³/mol. The lowest BCUT2D eigenvalue weighted by molar-refractivity contribution is 0.0743. The van der Waals surface area contributed by atoms with Gasteiger partial charge in [-0.05, 0) is 28.0 Å². The molecule has 0 radical (unpaired) electrons. The van der Waals surface area contributed by atoms with Crippen LogP contribution in [0.4, 0.5) is 0 Å². The topological polar surface area (TPSA) is 42.5 Å². The van der Waals surface area contributed by atoms with Crippen LogP contribution in [-0.2, 0) is 9.47 Å². The van der Waals surface area contributed by atoms with Gasteiger partial charge in [0.15, 0.2) is 0 Å². The fourth-order valence-electron chi connectivity index (χ4n) is 2.23. The van der Waals surface area contributed by atoms with Crippen LogP contribution in [0.1, 0.15) is 26.2 Å². The average Bonchev–Trinajstić information content (AvgIpc) is 2.68. The van der Waals surface area contributed by atoms with Crippen molar-refractivity contribution in [2.45, 2.75) is 43.0 Å². The fraction of sp³-hybridized carbons (Fsp3) is 0.867. The summed E-state index contributed by atoms with van der Waals surface area (Å²) in [5.41, 5.74) is 0. The lowest BCUT2D eigenvalue weighted by atomic mass is 10.3. The zero-order chi connectivity index (χ0) is 17.9. The number of ether oxygens (including phenoxy) is 2. The van der Waals surface area contributed by atoms with Crippen molar-refractivity contribution in [3.8, 4) is 0 Å². The van der Waals surface area contributed by atoms with Crippen LogP contribution in [0, 0.1) is 0 Å². The van der Waals surface area contributed by atoms with E-state index in [1.165, 1.54) is 12.8 Å². The molecule has 0 bridgehead atoms. The molecule has 4 nitrogen and oxygen atoms in total. The van der Waals surface area contributed by atoms with Gasteiger partial charge in [-0.1, -0.05) is 65.8 Å². The Balaban J connectivity index is 1.72. The molecule has 144 valence electrons. The van der Waals surface area contributed by atoms with Gasteiger partial charge in [-0.2, -0.15) is 0 Å². The van der Waals surface area contributed by atoms with Gasteiger partial charge in [0, 0.05) is 26.2 Å². The highest BCUT2D eigenvalue weighted by Gasteiger charge is 2.23. The summed E-state index contributed by atoms with van der Waals surface area (Å²) < 4.78 is 13.8. The third kappa shape index (κ3) is 8.97. The van der Waals surface area contributed by atoms with Gasteiger partial charge in [-0.15, -0.1) is 0 Å². The Morgan fingerprint density at radius 3 is 1.92 bits per heavy atom. The van der Waals surface area contributed by atoms with Crippen molar-refractivity contribution in [2.24, 2.45) is 0 Å². The summed E-state index contributed by atoms with van der Waals surface area (Å²) in [6.07, 6.45) is 3.67. The molecule has 0 saturated carbocycles. The summed E-state index contributed by atoms with van der Waals surface area (Å²) in [4.78, 5) is 0. The maximum absolute atomic E-state index is 5.74. The standard InChI is InChI=1S/C15H26N2O2S6/c1-2-3-4-13(22-24-14(20)11-9-16-5-7-18-11)23-25-15(21)12-10-17-6-8-19-12/h11-13,16-17H,2-10H2,1H3. The molecule has 2 aliphatic rings. The second-order valence-electron chi connectivity index (χ2n) is 5.70. The zero-order valence-corrected chi connectivity index (χ0v) is 19.3. The van der Waals surface area contributed by atoms with Crippen LogP contribution in [0.15, 0.2) is 0 Å². The highest BCUT2D eigenvalue weighted by molar-refractivity contribution is 8.91. The maximum atomic E-state index is 5.74. The third-order valence-electron chi connectivity index (χ3n) is 3.65. The van der Waals surface area contributed by atoms with E-state index in [0.29, 0.717) is 4.58 Å². The molecule has 2 unspecified atom stereocenters. The van der Waals surface area contributed by atoms with Crippen molar-refractivity contribution in [1.82, 2.24) is 10.6 Å². The largest absolute Gasteiger partial charge is 0.369 e. The number of hydrogen-bond acceptors (Lipinski definition) is 10. The minimum absolute atomic E-state index is 0.0496. The zero-order valence-electron chi connectivity index (χ0n) is 14.4. The highest BCUT2D eigenvalue weighted by atomic mass is 33.1. The van der Waals surface area contributed by atoms with Gasteiger partial charge in [-0.3, -0.25) is 0 Å². The Hall–Kier alpha value is 1.42. The Bertz CT molecular complexity index is 383. The number of nitrogens with one attached hydrogen (secondary N) is 2. The number of thiocarbonyl (C=S) groups is 2. The Morgan fingerprint density at radius 2 is 1.52 bits per heavy atom. The lowest BCUT2D eigenvalue weighted by Crippen LogP contribution is -2.41. The number of unbranched alkanes of at least 4 members (excludes halogenated alkanes) is 1. The summed E-state index contributed by atoms with van der Waals surface area (Å²) >= 11 is 11.1. The smallest absolute Gasteiger partial charge is 0.112 e. The van der Waals surface area contributed by atoms with Crippen molar-refractivity contribution in [2.75, 3.05) is 39.4 Å². The Labute approximate surface area is 177 Å². The molecule has 0 spiro atoms. The first-order chi connectivity index (χ1) is 12.2.